The number of para-hydroxylation sites is 1. The minimum absolute atomic E-state index is 0.218. The monoisotopic (exact) mass is 360 g/mol. The van der Waals surface area contributed by atoms with Crippen LogP contribution in [0.1, 0.15) is 53.0 Å². The third kappa shape index (κ3) is 3.69. The molecular formula is C18H21ClN4O2. The van der Waals surface area contributed by atoms with E-state index in [1.807, 2.05) is 11.5 Å². The first-order valence-electron chi connectivity index (χ1n) is 8.55. The summed E-state index contributed by atoms with van der Waals surface area (Å²) in [5, 5.41) is 6.09. The lowest BCUT2D eigenvalue weighted by atomic mass is 10.1. The van der Waals surface area contributed by atoms with Crippen molar-refractivity contribution in [3.05, 3.63) is 46.5 Å². The van der Waals surface area contributed by atoms with E-state index in [2.05, 4.69) is 15.6 Å². The quantitative estimate of drug-likeness (QED) is 0.859. The minimum atomic E-state index is -0.356. The molecule has 2 N–H and O–H groups in total. The van der Waals surface area contributed by atoms with Crippen LogP contribution < -0.4 is 10.6 Å². The zero-order valence-corrected chi connectivity index (χ0v) is 14.9. The lowest BCUT2D eigenvalue weighted by molar-refractivity contribution is 0.0947. The average Bonchev–Trinajstić information content (AvgIpc) is 3.01. The Hall–Kier alpha value is -2.34. The van der Waals surface area contributed by atoms with Crippen molar-refractivity contribution in [2.75, 3.05) is 11.9 Å². The summed E-state index contributed by atoms with van der Waals surface area (Å²) in [6.45, 7) is 3.27. The van der Waals surface area contributed by atoms with Crippen LogP contribution >= 0.6 is 11.6 Å². The van der Waals surface area contributed by atoms with Gasteiger partial charge in [-0.05, 0) is 37.8 Å². The van der Waals surface area contributed by atoms with Crippen LogP contribution in [-0.4, -0.2) is 27.9 Å². The Morgan fingerprint density at radius 1 is 1.24 bits per heavy atom. The van der Waals surface area contributed by atoms with Gasteiger partial charge in [-0.1, -0.05) is 30.7 Å². The summed E-state index contributed by atoms with van der Waals surface area (Å²) in [6, 6.07) is 7.04. The Balaban J connectivity index is 1.90. The molecule has 2 heterocycles. The van der Waals surface area contributed by atoms with Crippen molar-refractivity contribution in [3.8, 4) is 0 Å². The van der Waals surface area contributed by atoms with Crippen LogP contribution in [0.5, 0.6) is 0 Å². The Bertz CT molecular complexity index is 800. The van der Waals surface area contributed by atoms with E-state index in [-0.39, 0.29) is 17.6 Å². The van der Waals surface area contributed by atoms with E-state index in [1.165, 1.54) is 0 Å². The molecule has 2 amide bonds. The van der Waals surface area contributed by atoms with E-state index in [0.29, 0.717) is 29.5 Å². The summed E-state index contributed by atoms with van der Waals surface area (Å²) in [6.07, 6.45) is 3.56. The molecule has 3 rings (SSSR count). The fraction of sp³-hybridized carbons (Fsp3) is 0.389. The molecule has 0 spiro atoms. The van der Waals surface area contributed by atoms with Gasteiger partial charge in [0, 0.05) is 13.1 Å². The third-order valence-electron chi connectivity index (χ3n) is 4.19. The molecule has 0 radical (unpaired) electrons. The number of rotatable bonds is 5. The number of carbonyl (C=O) groups is 2. The Morgan fingerprint density at radius 3 is 2.80 bits per heavy atom. The van der Waals surface area contributed by atoms with Crippen molar-refractivity contribution in [1.29, 1.82) is 0 Å². The molecule has 1 aliphatic rings. The number of hydrogen-bond acceptors (Lipinski definition) is 3. The topological polar surface area (TPSA) is 76.0 Å². The smallest absolute Gasteiger partial charge is 0.291 e. The second-order valence-electron chi connectivity index (χ2n) is 6.03. The molecule has 0 saturated heterocycles. The molecule has 1 aromatic carbocycles. The van der Waals surface area contributed by atoms with Gasteiger partial charge >= 0.3 is 0 Å². The fourth-order valence-corrected chi connectivity index (χ4v) is 3.14. The number of halogens is 1. The van der Waals surface area contributed by atoms with Crippen LogP contribution in [0, 0.1) is 0 Å². The Morgan fingerprint density at radius 2 is 2.04 bits per heavy atom. The normalized spacial score (nSPS) is 13.2. The average molecular weight is 361 g/mol. The molecule has 0 atom stereocenters. The Labute approximate surface area is 151 Å². The summed E-state index contributed by atoms with van der Waals surface area (Å²) in [7, 11) is 0. The highest BCUT2D eigenvalue weighted by molar-refractivity contribution is 6.33. The van der Waals surface area contributed by atoms with Crippen molar-refractivity contribution in [2.24, 2.45) is 0 Å². The number of hydrogen-bond donors (Lipinski definition) is 2. The van der Waals surface area contributed by atoms with Crippen LogP contribution in [0.15, 0.2) is 24.3 Å². The summed E-state index contributed by atoms with van der Waals surface area (Å²) < 4.78 is 1.86. The second-order valence-corrected chi connectivity index (χ2v) is 6.44. The molecule has 0 fully saturated rings. The van der Waals surface area contributed by atoms with Crippen LogP contribution in [-0.2, 0) is 13.0 Å². The van der Waals surface area contributed by atoms with E-state index in [0.717, 1.165) is 31.4 Å². The lowest BCUT2D eigenvalue weighted by Crippen LogP contribution is -2.26. The summed E-state index contributed by atoms with van der Waals surface area (Å²) in [5.41, 5.74) is 1.72. The molecule has 2 aromatic rings. The first kappa shape index (κ1) is 17.5. The van der Waals surface area contributed by atoms with Gasteiger partial charge in [-0.2, -0.15) is 0 Å². The van der Waals surface area contributed by atoms with Gasteiger partial charge in [0.25, 0.3) is 11.8 Å². The maximum Gasteiger partial charge on any atom is 0.291 e. The Kier molecular flexibility index (Phi) is 5.38. The van der Waals surface area contributed by atoms with Crippen molar-refractivity contribution in [2.45, 2.75) is 39.2 Å². The lowest BCUT2D eigenvalue weighted by Gasteiger charge is -2.17. The van der Waals surface area contributed by atoms with Crippen molar-refractivity contribution >= 4 is 29.1 Å². The minimum Gasteiger partial charge on any atom is -0.351 e. The van der Waals surface area contributed by atoms with Crippen molar-refractivity contribution < 1.29 is 9.59 Å². The van der Waals surface area contributed by atoms with Gasteiger partial charge in [0.1, 0.15) is 5.69 Å². The molecule has 0 aliphatic carbocycles. The highest BCUT2D eigenvalue weighted by Gasteiger charge is 2.27. The third-order valence-corrected chi connectivity index (χ3v) is 4.52. The zero-order chi connectivity index (χ0) is 17.8. The molecular weight excluding hydrogens is 340 g/mol. The van der Waals surface area contributed by atoms with E-state index >= 15 is 0 Å². The first-order valence-corrected chi connectivity index (χ1v) is 8.93. The molecule has 6 nitrogen and oxygen atoms in total. The maximum absolute atomic E-state index is 12.7. The first-order chi connectivity index (χ1) is 12.1. The number of nitrogens with zero attached hydrogens (tertiary/aromatic N) is 2. The molecule has 25 heavy (non-hydrogen) atoms. The van der Waals surface area contributed by atoms with Crippen molar-refractivity contribution in [1.82, 2.24) is 14.9 Å². The standard InChI is InChI=1S/C18H21ClN4O2/c1-2-10-20-17(24)15-14-9-5-6-11-23(14)16(22-15)18(25)21-13-8-4-3-7-12(13)19/h3-4,7-8H,2,5-6,9-11H2,1H3,(H,20,24)(H,21,25). The molecule has 1 aliphatic heterocycles. The van der Waals surface area contributed by atoms with Gasteiger partial charge in [-0.15, -0.1) is 0 Å². The highest BCUT2D eigenvalue weighted by atomic mass is 35.5. The van der Waals surface area contributed by atoms with Crippen LogP contribution in [0.4, 0.5) is 5.69 Å². The maximum atomic E-state index is 12.7. The molecule has 1 aromatic heterocycles. The predicted octanol–water partition coefficient (Wildman–Crippen LogP) is 3.26. The summed E-state index contributed by atoms with van der Waals surface area (Å²) >= 11 is 6.11. The van der Waals surface area contributed by atoms with E-state index in [1.54, 1.807) is 24.3 Å². The van der Waals surface area contributed by atoms with Gasteiger partial charge in [0.15, 0.2) is 5.82 Å². The number of fused-ring (bicyclic) bond motifs is 1. The number of aromatic nitrogens is 2. The van der Waals surface area contributed by atoms with Crippen LogP contribution in [0.3, 0.4) is 0 Å². The zero-order valence-electron chi connectivity index (χ0n) is 14.1. The predicted molar refractivity (Wildman–Crippen MR) is 97.2 cm³/mol. The summed E-state index contributed by atoms with van der Waals surface area (Å²) in [5.74, 6) is -0.314. The number of imidazole rings is 1. The van der Waals surface area contributed by atoms with Gasteiger partial charge in [-0.25, -0.2) is 4.98 Å². The summed E-state index contributed by atoms with van der Waals surface area (Å²) in [4.78, 5) is 29.5. The molecule has 0 unspecified atom stereocenters. The number of carbonyl (C=O) groups excluding carboxylic acids is 2. The molecule has 0 bridgehead atoms. The SMILES string of the molecule is CCCNC(=O)c1nc(C(=O)Nc2ccccc2Cl)n2c1CCCC2. The van der Waals surface area contributed by atoms with Gasteiger partial charge < -0.3 is 15.2 Å². The molecule has 132 valence electrons. The van der Waals surface area contributed by atoms with E-state index < -0.39 is 0 Å². The second kappa shape index (κ2) is 7.70. The van der Waals surface area contributed by atoms with Crippen LogP contribution in [0.2, 0.25) is 5.02 Å². The molecule has 7 heteroatoms. The number of amides is 2. The largest absolute Gasteiger partial charge is 0.351 e. The van der Waals surface area contributed by atoms with Gasteiger partial charge in [0.2, 0.25) is 0 Å². The van der Waals surface area contributed by atoms with E-state index in [4.69, 9.17) is 11.6 Å². The van der Waals surface area contributed by atoms with Gasteiger partial charge in [-0.3, -0.25) is 9.59 Å². The van der Waals surface area contributed by atoms with E-state index in [9.17, 15) is 9.59 Å². The fourth-order valence-electron chi connectivity index (χ4n) is 2.96. The number of anilines is 1. The van der Waals surface area contributed by atoms with Gasteiger partial charge in [0.05, 0.1) is 16.4 Å². The molecule has 0 saturated carbocycles. The van der Waals surface area contributed by atoms with Crippen LogP contribution in [0.25, 0.3) is 0 Å². The van der Waals surface area contributed by atoms with Crippen molar-refractivity contribution in [3.63, 3.8) is 0 Å². The number of benzene rings is 1. The number of nitrogens with one attached hydrogen (secondary N) is 2. The highest BCUT2D eigenvalue weighted by Crippen LogP contribution is 2.24.